The van der Waals surface area contributed by atoms with E-state index in [1.54, 1.807) is 0 Å². The smallest absolute Gasteiger partial charge is 0.247 e. The van der Waals surface area contributed by atoms with Gasteiger partial charge in [-0.05, 0) is 106 Å². The topological polar surface area (TPSA) is 32.8 Å². The van der Waals surface area contributed by atoms with E-state index in [-0.39, 0.29) is 13.4 Å². The zero-order chi connectivity index (χ0) is 41.2. The number of benzene rings is 8. The standard InChI is InChI=1S/C55H42B2N2O2/c1-29-16-19-40(33(5)20-29)56-41-10-8-12-45-54(41)58(47-27-51-38(25-43(47)56)36-17-14-30(2)23-49(36)60-51)46-13-9-11-42-55(46)59(45)48-28-52-39(37-18-15-31(3)24-50(37)61-52)26-44(48)57(42)53-34(6)21-32(4)22-35(53)7/h8-28H,1-7H3. The second-order valence-corrected chi connectivity index (χ2v) is 18.2. The Kier molecular flexibility index (Phi) is 6.93. The van der Waals surface area contributed by atoms with Crippen molar-refractivity contribution in [2.45, 2.75) is 48.5 Å². The Hall–Kier alpha value is -6.91. The summed E-state index contributed by atoms with van der Waals surface area (Å²) in [5, 5.41) is 4.62. The van der Waals surface area contributed by atoms with Crippen LogP contribution in [0.5, 0.6) is 0 Å². The molecule has 5 heterocycles. The fraction of sp³-hybridized carbons (Fsp3) is 0.127. The fourth-order valence-electron chi connectivity index (χ4n) is 11.7. The number of anilines is 6. The molecule has 8 aromatic carbocycles. The van der Waals surface area contributed by atoms with Gasteiger partial charge in [0.1, 0.15) is 22.3 Å². The van der Waals surface area contributed by atoms with Crippen molar-refractivity contribution in [3.63, 3.8) is 0 Å². The van der Waals surface area contributed by atoms with Gasteiger partial charge in [0.15, 0.2) is 0 Å². The Balaban J connectivity index is 1.16. The molecule has 2 aromatic heterocycles. The van der Waals surface area contributed by atoms with E-state index in [9.17, 15) is 0 Å². The van der Waals surface area contributed by atoms with E-state index in [4.69, 9.17) is 8.83 Å². The highest BCUT2D eigenvalue weighted by Gasteiger charge is 2.47. The summed E-state index contributed by atoms with van der Waals surface area (Å²) in [6, 6.07) is 48.4. The second kappa shape index (κ2) is 12.1. The lowest BCUT2D eigenvalue weighted by molar-refractivity contribution is 0.668. The molecule has 3 aliphatic rings. The predicted molar refractivity (Wildman–Crippen MR) is 259 cm³/mol. The molecule has 0 saturated heterocycles. The van der Waals surface area contributed by atoms with Gasteiger partial charge in [-0.15, -0.1) is 0 Å². The highest BCUT2D eigenvalue weighted by atomic mass is 16.3. The third-order valence-corrected chi connectivity index (χ3v) is 14.1. The number of hydrogen-bond acceptors (Lipinski definition) is 4. The second-order valence-electron chi connectivity index (χ2n) is 18.2. The molecule has 0 aliphatic carbocycles. The summed E-state index contributed by atoms with van der Waals surface area (Å²) in [6.45, 7) is 15.5. The molecule has 0 unspecified atom stereocenters. The zero-order valence-corrected chi connectivity index (χ0v) is 35.5. The van der Waals surface area contributed by atoms with Gasteiger partial charge in [-0.3, -0.25) is 0 Å². The van der Waals surface area contributed by atoms with Crippen LogP contribution in [-0.2, 0) is 0 Å². The summed E-state index contributed by atoms with van der Waals surface area (Å²) in [5.41, 5.74) is 27.5. The summed E-state index contributed by atoms with van der Waals surface area (Å²) in [5.74, 6) is 0. The van der Waals surface area contributed by atoms with Crippen LogP contribution in [0.2, 0.25) is 0 Å². The lowest BCUT2D eigenvalue weighted by Crippen LogP contribution is -2.61. The first-order chi connectivity index (χ1) is 29.6. The quantitative estimate of drug-likeness (QED) is 0.164. The van der Waals surface area contributed by atoms with E-state index in [2.05, 4.69) is 186 Å². The van der Waals surface area contributed by atoms with Crippen molar-refractivity contribution < 1.29 is 8.83 Å². The lowest BCUT2D eigenvalue weighted by atomic mass is 9.33. The third kappa shape index (κ3) is 4.68. The Labute approximate surface area is 356 Å². The largest absolute Gasteiger partial charge is 0.456 e. The van der Waals surface area contributed by atoms with Crippen molar-refractivity contribution in [3.8, 4) is 0 Å². The van der Waals surface area contributed by atoms with Crippen molar-refractivity contribution in [2.24, 2.45) is 0 Å². The molecule has 3 aliphatic heterocycles. The summed E-state index contributed by atoms with van der Waals surface area (Å²) in [4.78, 5) is 5.13. The van der Waals surface area contributed by atoms with Crippen LogP contribution in [0.15, 0.2) is 136 Å². The minimum Gasteiger partial charge on any atom is -0.456 e. The average molecular weight is 785 g/mol. The normalized spacial score (nSPS) is 13.7. The average Bonchev–Trinajstić information content (AvgIpc) is 3.76. The first-order valence-electron chi connectivity index (χ1n) is 21.6. The molecular formula is C55H42B2N2O2. The SMILES string of the molecule is Cc1ccc(B2c3cc4c(cc3N3c5cccc6c5N(c5cc7oc8cc(C)ccc8c7cc5B6c5c(C)cc(C)cc5C)c5cccc2c53)oc2cc(C)ccc24)c(C)c1. The highest BCUT2D eigenvalue weighted by Crippen LogP contribution is 2.55. The number of furan rings is 2. The first-order valence-corrected chi connectivity index (χ1v) is 21.6. The maximum Gasteiger partial charge on any atom is 0.247 e. The number of hydrogen-bond donors (Lipinski definition) is 0. The van der Waals surface area contributed by atoms with Gasteiger partial charge in [-0.2, -0.15) is 0 Å². The van der Waals surface area contributed by atoms with Crippen LogP contribution in [0.3, 0.4) is 0 Å². The number of aryl methyl sites for hydroxylation is 7. The molecule has 0 bridgehead atoms. The minimum atomic E-state index is -0.000332. The van der Waals surface area contributed by atoms with Crippen LogP contribution in [-0.4, -0.2) is 13.4 Å². The molecular weight excluding hydrogens is 742 g/mol. The zero-order valence-electron chi connectivity index (χ0n) is 35.5. The molecule has 4 nitrogen and oxygen atoms in total. The summed E-state index contributed by atoms with van der Waals surface area (Å²) in [7, 11) is 0. The van der Waals surface area contributed by atoms with E-state index in [0.717, 1.165) is 55.3 Å². The molecule has 10 aromatic rings. The van der Waals surface area contributed by atoms with Gasteiger partial charge in [0, 0.05) is 45.1 Å². The van der Waals surface area contributed by atoms with Crippen LogP contribution >= 0.6 is 0 Å². The Morgan fingerprint density at radius 3 is 1.34 bits per heavy atom. The molecule has 290 valence electrons. The van der Waals surface area contributed by atoms with Crippen LogP contribution in [0.25, 0.3) is 43.9 Å². The van der Waals surface area contributed by atoms with E-state index in [0.29, 0.717) is 0 Å². The van der Waals surface area contributed by atoms with E-state index in [1.807, 2.05) is 0 Å². The highest BCUT2D eigenvalue weighted by molar-refractivity contribution is 7.00. The molecule has 0 N–H and O–H groups in total. The summed E-state index contributed by atoms with van der Waals surface area (Å²) >= 11 is 0. The third-order valence-electron chi connectivity index (χ3n) is 14.1. The summed E-state index contributed by atoms with van der Waals surface area (Å²) < 4.78 is 13.5. The van der Waals surface area contributed by atoms with Gasteiger partial charge < -0.3 is 18.6 Å². The van der Waals surface area contributed by atoms with Crippen LogP contribution in [0.4, 0.5) is 34.1 Å². The molecule has 0 fully saturated rings. The lowest BCUT2D eigenvalue weighted by Gasteiger charge is -2.49. The van der Waals surface area contributed by atoms with Crippen LogP contribution in [0, 0.1) is 48.5 Å². The van der Waals surface area contributed by atoms with Crippen molar-refractivity contribution >= 4 is 124 Å². The molecule has 0 radical (unpaired) electrons. The number of nitrogens with zero attached hydrogens (tertiary/aromatic N) is 2. The van der Waals surface area contributed by atoms with E-state index >= 15 is 0 Å². The molecule has 13 rings (SSSR count). The van der Waals surface area contributed by atoms with Gasteiger partial charge in [-0.25, -0.2) is 0 Å². The number of rotatable bonds is 2. The van der Waals surface area contributed by atoms with Crippen molar-refractivity contribution in [1.29, 1.82) is 0 Å². The molecule has 0 saturated carbocycles. The van der Waals surface area contributed by atoms with Gasteiger partial charge in [0.2, 0.25) is 13.4 Å². The monoisotopic (exact) mass is 784 g/mol. The molecule has 0 spiro atoms. The van der Waals surface area contributed by atoms with Gasteiger partial charge in [0.05, 0.1) is 22.7 Å². The number of fused-ring (bicyclic) bond motifs is 12. The van der Waals surface area contributed by atoms with Crippen LogP contribution in [0.1, 0.15) is 38.9 Å². The molecule has 0 amide bonds. The van der Waals surface area contributed by atoms with Crippen LogP contribution < -0.4 is 42.6 Å². The minimum absolute atomic E-state index is 0.000332. The van der Waals surface area contributed by atoms with Crippen molar-refractivity contribution in [1.82, 2.24) is 0 Å². The van der Waals surface area contributed by atoms with Gasteiger partial charge in [0.25, 0.3) is 0 Å². The van der Waals surface area contributed by atoms with Crippen molar-refractivity contribution in [2.75, 3.05) is 9.80 Å². The maximum absolute atomic E-state index is 6.77. The molecule has 0 atom stereocenters. The molecule has 6 heteroatoms. The van der Waals surface area contributed by atoms with Gasteiger partial charge >= 0.3 is 0 Å². The fourth-order valence-corrected chi connectivity index (χ4v) is 11.7. The Bertz CT molecular complexity index is 3590. The van der Waals surface area contributed by atoms with E-state index < -0.39 is 0 Å². The summed E-state index contributed by atoms with van der Waals surface area (Å²) in [6.07, 6.45) is 0. The van der Waals surface area contributed by atoms with Gasteiger partial charge in [-0.1, -0.05) is 130 Å². The number of para-hydroxylation sites is 2. The Morgan fingerprint density at radius 2 is 0.803 bits per heavy atom. The van der Waals surface area contributed by atoms with E-state index in [1.165, 1.54) is 94.5 Å². The maximum atomic E-state index is 6.77. The molecule has 61 heavy (non-hydrogen) atoms. The predicted octanol–water partition coefficient (Wildman–Crippen LogP) is 10.6. The van der Waals surface area contributed by atoms with Crippen molar-refractivity contribution in [3.05, 3.63) is 166 Å². The Morgan fingerprint density at radius 1 is 0.344 bits per heavy atom. The first kappa shape index (κ1) is 34.9.